The molecule has 0 radical (unpaired) electrons. The maximum atomic E-state index is 11.5. The van der Waals surface area contributed by atoms with Gasteiger partial charge in [-0.3, -0.25) is 4.79 Å². The van der Waals surface area contributed by atoms with Gasteiger partial charge >= 0.3 is 0 Å². The number of benzene rings is 2. The van der Waals surface area contributed by atoms with Crippen LogP contribution in [0.4, 0.5) is 5.69 Å². The third-order valence-corrected chi connectivity index (χ3v) is 3.44. The smallest absolute Gasteiger partial charge is 0.248 e. The quantitative estimate of drug-likeness (QED) is 0.789. The lowest BCUT2D eigenvalue weighted by atomic mass is 10.1. The first-order chi connectivity index (χ1) is 11.2. The Morgan fingerprint density at radius 2 is 1.74 bits per heavy atom. The van der Waals surface area contributed by atoms with Gasteiger partial charge in [0.25, 0.3) is 0 Å². The van der Waals surface area contributed by atoms with E-state index < -0.39 is 0 Å². The van der Waals surface area contributed by atoms with Gasteiger partial charge in [-0.2, -0.15) is 0 Å². The van der Waals surface area contributed by atoms with Crippen molar-refractivity contribution in [2.24, 2.45) is 0 Å². The molecular weight excluding hydrogens is 290 g/mol. The number of nitrogens with one attached hydrogen (secondary N) is 1. The van der Waals surface area contributed by atoms with Crippen LogP contribution in [-0.4, -0.2) is 16.1 Å². The standard InChI is InChI=1S/C18H17N3O2/c1-3-16(22)19-15-6-4-5-14(11-15)18-21-20-17(23-18)13-9-7-12(2)8-10-13/h4-11H,3H2,1-2H3,(H,19,22). The van der Waals surface area contributed by atoms with Crippen molar-refractivity contribution >= 4 is 11.6 Å². The van der Waals surface area contributed by atoms with E-state index in [1.165, 1.54) is 5.56 Å². The molecule has 0 spiro atoms. The Labute approximate surface area is 134 Å². The summed E-state index contributed by atoms with van der Waals surface area (Å²) in [7, 11) is 0. The van der Waals surface area contributed by atoms with Crippen LogP contribution in [0.2, 0.25) is 0 Å². The molecule has 3 aromatic rings. The summed E-state index contributed by atoms with van der Waals surface area (Å²) in [6, 6.07) is 15.3. The Hall–Kier alpha value is -2.95. The van der Waals surface area contributed by atoms with Crippen molar-refractivity contribution in [1.82, 2.24) is 10.2 Å². The lowest BCUT2D eigenvalue weighted by Crippen LogP contribution is -2.09. The molecule has 0 atom stereocenters. The van der Waals surface area contributed by atoms with Gasteiger partial charge in [-0.25, -0.2) is 0 Å². The number of carbonyl (C=O) groups is 1. The van der Waals surface area contributed by atoms with Gasteiger partial charge < -0.3 is 9.73 Å². The third-order valence-electron chi connectivity index (χ3n) is 3.44. The molecule has 0 fully saturated rings. The van der Waals surface area contributed by atoms with Gasteiger partial charge in [0.2, 0.25) is 17.7 Å². The fourth-order valence-corrected chi connectivity index (χ4v) is 2.13. The van der Waals surface area contributed by atoms with Crippen LogP contribution >= 0.6 is 0 Å². The lowest BCUT2D eigenvalue weighted by molar-refractivity contribution is -0.115. The molecule has 0 aliphatic heterocycles. The first kappa shape index (κ1) is 15.0. The molecule has 0 bridgehead atoms. The topological polar surface area (TPSA) is 68.0 Å². The minimum atomic E-state index is -0.0342. The van der Waals surface area contributed by atoms with Crippen LogP contribution in [0.1, 0.15) is 18.9 Å². The fourth-order valence-electron chi connectivity index (χ4n) is 2.13. The summed E-state index contributed by atoms with van der Waals surface area (Å²) < 4.78 is 5.75. The summed E-state index contributed by atoms with van der Waals surface area (Å²) in [6.07, 6.45) is 0.433. The third kappa shape index (κ3) is 3.45. The zero-order chi connectivity index (χ0) is 16.2. The van der Waals surface area contributed by atoms with Gasteiger partial charge in [0.15, 0.2) is 0 Å². The predicted molar refractivity (Wildman–Crippen MR) is 88.8 cm³/mol. The number of anilines is 1. The van der Waals surface area contributed by atoms with E-state index in [0.29, 0.717) is 23.9 Å². The van der Waals surface area contributed by atoms with Gasteiger partial charge in [-0.1, -0.05) is 30.7 Å². The molecule has 5 heteroatoms. The van der Waals surface area contributed by atoms with Crippen molar-refractivity contribution in [3.63, 3.8) is 0 Å². The molecule has 116 valence electrons. The normalized spacial score (nSPS) is 10.5. The van der Waals surface area contributed by atoms with E-state index in [0.717, 1.165) is 11.1 Å². The fraction of sp³-hybridized carbons (Fsp3) is 0.167. The molecule has 0 unspecified atom stereocenters. The molecule has 2 aromatic carbocycles. The number of aromatic nitrogens is 2. The Kier molecular flexibility index (Phi) is 4.19. The van der Waals surface area contributed by atoms with Gasteiger partial charge in [-0.15, -0.1) is 10.2 Å². The molecule has 1 heterocycles. The molecular formula is C18H17N3O2. The highest BCUT2D eigenvalue weighted by atomic mass is 16.4. The van der Waals surface area contributed by atoms with E-state index >= 15 is 0 Å². The van der Waals surface area contributed by atoms with Crippen molar-refractivity contribution in [2.45, 2.75) is 20.3 Å². The summed E-state index contributed by atoms with van der Waals surface area (Å²) in [5, 5.41) is 11.0. The van der Waals surface area contributed by atoms with Crippen molar-refractivity contribution in [3.8, 4) is 22.9 Å². The maximum absolute atomic E-state index is 11.5. The van der Waals surface area contributed by atoms with Crippen LogP contribution in [0, 0.1) is 6.92 Å². The van der Waals surface area contributed by atoms with E-state index in [1.54, 1.807) is 0 Å². The molecule has 1 amide bonds. The highest BCUT2D eigenvalue weighted by Crippen LogP contribution is 2.25. The SMILES string of the molecule is CCC(=O)Nc1cccc(-c2nnc(-c3ccc(C)cc3)o2)c1. The molecule has 1 N–H and O–H groups in total. The number of amides is 1. The lowest BCUT2D eigenvalue weighted by Gasteiger charge is -2.04. The maximum Gasteiger partial charge on any atom is 0.248 e. The molecule has 0 saturated heterocycles. The van der Waals surface area contributed by atoms with Crippen LogP contribution in [0.25, 0.3) is 22.9 Å². The summed E-state index contributed by atoms with van der Waals surface area (Å²) in [6.45, 7) is 3.84. The average molecular weight is 307 g/mol. The van der Waals surface area contributed by atoms with Gasteiger partial charge in [-0.05, 0) is 37.3 Å². The summed E-state index contributed by atoms with van der Waals surface area (Å²) in [5.41, 5.74) is 3.53. The summed E-state index contributed by atoms with van der Waals surface area (Å²) in [4.78, 5) is 11.5. The van der Waals surface area contributed by atoms with Crippen molar-refractivity contribution in [3.05, 3.63) is 54.1 Å². The minimum absolute atomic E-state index is 0.0342. The highest BCUT2D eigenvalue weighted by molar-refractivity contribution is 5.91. The van der Waals surface area contributed by atoms with Gasteiger partial charge in [0, 0.05) is 23.2 Å². The summed E-state index contributed by atoms with van der Waals surface area (Å²) in [5.74, 6) is 0.865. The Balaban J connectivity index is 1.86. The van der Waals surface area contributed by atoms with E-state index in [2.05, 4.69) is 15.5 Å². The zero-order valence-corrected chi connectivity index (χ0v) is 13.0. The van der Waals surface area contributed by atoms with Gasteiger partial charge in [0.1, 0.15) is 0 Å². The predicted octanol–water partition coefficient (Wildman–Crippen LogP) is 4.06. The molecule has 5 nitrogen and oxygen atoms in total. The number of rotatable bonds is 4. The van der Waals surface area contributed by atoms with E-state index in [4.69, 9.17) is 4.42 Å². The van der Waals surface area contributed by atoms with Crippen molar-refractivity contribution < 1.29 is 9.21 Å². The molecule has 0 aliphatic carbocycles. The molecule has 23 heavy (non-hydrogen) atoms. The Bertz CT molecular complexity index is 822. The average Bonchev–Trinajstić information content (AvgIpc) is 3.06. The minimum Gasteiger partial charge on any atom is -0.416 e. The molecule has 0 aliphatic rings. The zero-order valence-electron chi connectivity index (χ0n) is 13.0. The summed E-state index contributed by atoms with van der Waals surface area (Å²) >= 11 is 0. The van der Waals surface area contributed by atoms with Crippen LogP contribution in [-0.2, 0) is 4.79 Å². The second-order valence-electron chi connectivity index (χ2n) is 5.26. The largest absolute Gasteiger partial charge is 0.416 e. The van der Waals surface area contributed by atoms with Crippen LogP contribution in [0.15, 0.2) is 52.9 Å². The number of hydrogen-bond acceptors (Lipinski definition) is 4. The Morgan fingerprint density at radius 3 is 2.43 bits per heavy atom. The van der Waals surface area contributed by atoms with Gasteiger partial charge in [0.05, 0.1) is 0 Å². The van der Waals surface area contributed by atoms with Crippen molar-refractivity contribution in [1.29, 1.82) is 0 Å². The second-order valence-corrected chi connectivity index (χ2v) is 5.26. The highest BCUT2D eigenvalue weighted by Gasteiger charge is 2.11. The first-order valence-electron chi connectivity index (χ1n) is 7.46. The van der Waals surface area contributed by atoms with E-state index in [9.17, 15) is 4.79 Å². The number of aryl methyl sites for hydroxylation is 1. The van der Waals surface area contributed by atoms with Crippen LogP contribution < -0.4 is 5.32 Å². The van der Waals surface area contributed by atoms with Crippen LogP contribution in [0.5, 0.6) is 0 Å². The van der Waals surface area contributed by atoms with Crippen molar-refractivity contribution in [2.75, 3.05) is 5.32 Å². The number of nitrogens with zero attached hydrogens (tertiary/aromatic N) is 2. The monoisotopic (exact) mass is 307 g/mol. The molecule has 3 rings (SSSR count). The van der Waals surface area contributed by atoms with Crippen LogP contribution in [0.3, 0.4) is 0 Å². The van der Waals surface area contributed by atoms with E-state index in [1.807, 2.05) is 62.4 Å². The second kappa shape index (κ2) is 6.44. The number of carbonyl (C=O) groups excluding carboxylic acids is 1. The van der Waals surface area contributed by atoms with E-state index in [-0.39, 0.29) is 5.91 Å². The molecule has 1 aromatic heterocycles. The first-order valence-corrected chi connectivity index (χ1v) is 7.46. The number of hydrogen-bond donors (Lipinski definition) is 1. The molecule has 0 saturated carbocycles. The Morgan fingerprint density at radius 1 is 1.04 bits per heavy atom.